The molecule has 26 heavy (non-hydrogen) atoms. The molecule has 6 atom stereocenters. The SMILES string of the molecule is C=C(C)[C@H]1C(=O)[C@H]2O[C@@]2(C)C(=O)[C@@H](O)[C@H](C(=C)C)CCC2=C[C@H]1OC2=O. The van der Waals surface area contributed by atoms with Gasteiger partial charge in [0.05, 0.1) is 5.92 Å². The van der Waals surface area contributed by atoms with E-state index in [1.54, 1.807) is 19.9 Å². The monoisotopic (exact) mass is 360 g/mol. The Morgan fingerprint density at radius 3 is 2.46 bits per heavy atom. The van der Waals surface area contributed by atoms with E-state index in [-0.39, 0.29) is 5.78 Å². The molecule has 2 bridgehead atoms. The number of epoxide rings is 1. The highest BCUT2D eigenvalue weighted by atomic mass is 16.6. The Morgan fingerprint density at radius 1 is 1.23 bits per heavy atom. The number of Topliss-reactive ketones (excluding diaryl/α,β-unsaturated/α-hetero) is 2. The van der Waals surface area contributed by atoms with Crippen LogP contribution in [0.4, 0.5) is 0 Å². The largest absolute Gasteiger partial charge is 0.454 e. The first-order chi connectivity index (χ1) is 12.1. The van der Waals surface area contributed by atoms with Crippen molar-refractivity contribution in [1.82, 2.24) is 0 Å². The zero-order valence-corrected chi connectivity index (χ0v) is 15.3. The molecule has 0 unspecified atom stereocenters. The Balaban J connectivity index is 2.03. The normalized spacial score (nSPS) is 39.9. The lowest BCUT2D eigenvalue weighted by Crippen LogP contribution is -2.42. The molecule has 1 N–H and O–H groups in total. The zero-order chi connectivity index (χ0) is 19.4. The van der Waals surface area contributed by atoms with Crippen LogP contribution in [0, 0.1) is 11.8 Å². The van der Waals surface area contributed by atoms with Crippen LogP contribution in [0.15, 0.2) is 36.0 Å². The van der Waals surface area contributed by atoms with Crippen LogP contribution in [-0.4, -0.2) is 46.6 Å². The van der Waals surface area contributed by atoms with E-state index in [1.165, 1.54) is 6.92 Å². The fraction of sp³-hybridized carbons (Fsp3) is 0.550. The number of carbonyl (C=O) groups excluding carboxylic acids is 3. The lowest BCUT2D eigenvalue weighted by Gasteiger charge is -2.24. The van der Waals surface area contributed by atoms with Crippen LogP contribution in [0.25, 0.3) is 0 Å². The summed E-state index contributed by atoms with van der Waals surface area (Å²) in [6.45, 7) is 12.6. The van der Waals surface area contributed by atoms with Gasteiger partial charge in [-0.3, -0.25) is 9.59 Å². The minimum Gasteiger partial charge on any atom is -0.454 e. The predicted octanol–water partition coefficient (Wildman–Crippen LogP) is 1.67. The summed E-state index contributed by atoms with van der Waals surface area (Å²) >= 11 is 0. The van der Waals surface area contributed by atoms with Crippen molar-refractivity contribution >= 4 is 17.5 Å². The van der Waals surface area contributed by atoms with E-state index in [0.29, 0.717) is 29.6 Å². The lowest BCUT2D eigenvalue weighted by molar-refractivity contribution is -0.143. The van der Waals surface area contributed by atoms with Gasteiger partial charge in [-0.25, -0.2) is 4.79 Å². The number of esters is 1. The van der Waals surface area contributed by atoms with Gasteiger partial charge in [-0.2, -0.15) is 0 Å². The van der Waals surface area contributed by atoms with E-state index < -0.39 is 47.5 Å². The molecule has 6 heteroatoms. The van der Waals surface area contributed by atoms with Gasteiger partial charge in [0.2, 0.25) is 0 Å². The Bertz CT molecular complexity index is 747. The van der Waals surface area contributed by atoms with Gasteiger partial charge in [0, 0.05) is 11.5 Å². The Labute approximate surface area is 152 Å². The minimum atomic E-state index is -1.37. The topological polar surface area (TPSA) is 93.2 Å². The summed E-state index contributed by atoms with van der Waals surface area (Å²) in [4.78, 5) is 38.0. The molecule has 0 aromatic rings. The summed E-state index contributed by atoms with van der Waals surface area (Å²) in [5.41, 5.74) is 0.248. The van der Waals surface area contributed by atoms with E-state index in [0.717, 1.165) is 0 Å². The van der Waals surface area contributed by atoms with Crippen molar-refractivity contribution in [3.05, 3.63) is 36.0 Å². The molecular formula is C20H24O6. The van der Waals surface area contributed by atoms with Crippen molar-refractivity contribution in [2.75, 3.05) is 0 Å². The van der Waals surface area contributed by atoms with E-state index >= 15 is 0 Å². The van der Waals surface area contributed by atoms with Crippen molar-refractivity contribution < 1.29 is 29.0 Å². The van der Waals surface area contributed by atoms with Gasteiger partial charge in [-0.05, 0) is 39.7 Å². The van der Waals surface area contributed by atoms with Gasteiger partial charge >= 0.3 is 5.97 Å². The molecule has 3 rings (SSSR count). The average Bonchev–Trinajstić information content (AvgIpc) is 3.12. The average molecular weight is 360 g/mol. The lowest BCUT2D eigenvalue weighted by atomic mass is 9.79. The van der Waals surface area contributed by atoms with Gasteiger partial charge in [0.25, 0.3) is 0 Å². The minimum absolute atomic E-state index is 0.329. The number of fused-ring (bicyclic) bond motifs is 2. The second-order valence-electron chi connectivity index (χ2n) is 7.69. The molecule has 0 aromatic carbocycles. The third kappa shape index (κ3) is 2.87. The third-order valence-corrected chi connectivity index (χ3v) is 5.60. The smallest absolute Gasteiger partial charge is 0.334 e. The fourth-order valence-electron chi connectivity index (χ4n) is 3.89. The predicted molar refractivity (Wildman–Crippen MR) is 93.1 cm³/mol. The number of ketones is 2. The summed E-state index contributed by atoms with van der Waals surface area (Å²) in [6, 6.07) is 0. The molecule has 1 saturated heterocycles. The number of hydrogen-bond donors (Lipinski definition) is 1. The number of aliphatic hydroxyl groups is 1. The van der Waals surface area contributed by atoms with E-state index in [4.69, 9.17) is 9.47 Å². The van der Waals surface area contributed by atoms with E-state index in [1.807, 2.05) is 0 Å². The van der Waals surface area contributed by atoms with Gasteiger partial charge in [-0.1, -0.05) is 24.3 Å². The highest BCUT2D eigenvalue weighted by molar-refractivity contribution is 6.04. The van der Waals surface area contributed by atoms with Crippen molar-refractivity contribution in [3.63, 3.8) is 0 Å². The maximum Gasteiger partial charge on any atom is 0.334 e. The Morgan fingerprint density at radius 2 is 1.88 bits per heavy atom. The summed E-state index contributed by atoms with van der Waals surface area (Å²) in [5, 5.41) is 10.6. The molecule has 0 saturated carbocycles. The fourth-order valence-corrected chi connectivity index (χ4v) is 3.89. The molecule has 1 aliphatic carbocycles. The first-order valence-corrected chi connectivity index (χ1v) is 8.74. The molecule has 2 aliphatic heterocycles. The van der Waals surface area contributed by atoms with E-state index in [9.17, 15) is 19.5 Å². The highest BCUT2D eigenvalue weighted by Crippen LogP contribution is 2.44. The van der Waals surface area contributed by atoms with Crippen LogP contribution in [0.2, 0.25) is 0 Å². The highest BCUT2D eigenvalue weighted by Gasteiger charge is 2.65. The number of aliphatic hydroxyl groups excluding tert-OH is 1. The Hall–Kier alpha value is -2.05. The number of rotatable bonds is 2. The molecule has 2 heterocycles. The van der Waals surface area contributed by atoms with Gasteiger partial charge in [-0.15, -0.1) is 0 Å². The number of hydrogen-bond acceptors (Lipinski definition) is 6. The standard InChI is InChI=1S/C20H24O6/c1-9(2)12-7-6-11-8-13(25-19(11)24)14(10(3)4)16(22)18-20(5,26-18)17(23)15(12)21/h8,12-15,18,21H,1,3,6-7H2,2,4-5H3/t12-,13+,14+,15-,18+,20-/m0/s1. The van der Waals surface area contributed by atoms with Gasteiger partial charge in [0.15, 0.2) is 23.3 Å². The third-order valence-electron chi connectivity index (χ3n) is 5.60. The van der Waals surface area contributed by atoms with Crippen molar-refractivity contribution in [2.24, 2.45) is 11.8 Å². The summed E-state index contributed by atoms with van der Waals surface area (Å²) in [7, 11) is 0. The molecule has 0 radical (unpaired) electrons. The second-order valence-corrected chi connectivity index (χ2v) is 7.69. The Kier molecular flexibility index (Phi) is 4.53. The quantitative estimate of drug-likeness (QED) is 0.457. The van der Waals surface area contributed by atoms with Crippen LogP contribution >= 0.6 is 0 Å². The second kappa shape index (κ2) is 6.28. The maximum atomic E-state index is 13.0. The van der Waals surface area contributed by atoms with Gasteiger partial charge in [0.1, 0.15) is 12.2 Å². The molecule has 0 amide bonds. The van der Waals surface area contributed by atoms with Crippen LogP contribution in [0.3, 0.4) is 0 Å². The van der Waals surface area contributed by atoms with E-state index in [2.05, 4.69) is 13.2 Å². The molecule has 0 aromatic heterocycles. The van der Waals surface area contributed by atoms with Crippen LogP contribution < -0.4 is 0 Å². The summed E-state index contributed by atoms with van der Waals surface area (Å²) < 4.78 is 10.9. The number of ether oxygens (including phenoxy) is 2. The molecule has 3 aliphatic rings. The summed E-state index contributed by atoms with van der Waals surface area (Å²) in [5.74, 6) is -2.66. The molecule has 0 spiro atoms. The first kappa shape index (κ1) is 18.7. The number of carbonyl (C=O) groups is 3. The van der Waals surface area contributed by atoms with Crippen LogP contribution in [-0.2, 0) is 23.9 Å². The first-order valence-electron chi connectivity index (χ1n) is 8.74. The zero-order valence-electron chi connectivity index (χ0n) is 15.3. The van der Waals surface area contributed by atoms with Gasteiger partial charge < -0.3 is 14.6 Å². The molecule has 1 fully saturated rings. The molecular weight excluding hydrogens is 336 g/mol. The van der Waals surface area contributed by atoms with Crippen molar-refractivity contribution in [2.45, 2.75) is 57.5 Å². The molecule has 140 valence electrons. The maximum absolute atomic E-state index is 13.0. The van der Waals surface area contributed by atoms with Crippen molar-refractivity contribution in [3.8, 4) is 0 Å². The van der Waals surface area contributed by atoms with Crippen LogP contribution in [0.1, 0.15) is 33.6 Å². The molecule has 6 nitrogen and oxygen atoms in total. The summed E-state index contributed by atoms with van der Waals surface area (Å²) in [6.07, 6.45) is -0.694. The van der Waals surface area contributed by atoms with Crippen molar-refractivity contribution in [1.29, 1.82) is 0 Å². The van der Waals surface area contributed by atoms with Crippen LogP contribution in [0.5, 0.6) is 0 Å².